The molecule has 0 bridgehead atoms. The number of nitrogens with one attached hydrogen (secondary N) is 2. The molecule has 0 spiro atoms. The molecule has 2 atom stereocenters. The summed E-state index contributed by atoms with van der Waals surface area (Å²) in [7, 11) is 1.27. The van der Waals surface area contributed by atoms with Crippen LogP contribution in [-0.2, 0) is 35.2 Å². The molecule has 1 rings (SSSR count). The maximum atomic E-state index is 12.7. The normalized spacial score (nSPS) is 12.7. The second kappa shape index (κ2) is 14.9. The molecule has 0 fully saturated rings. The second-order valence-corrected chi connectivity index (χ2v) is 8.97. The largest absolute Gasteiger partial charge is 0.467 e. The molecule has 1 aromatic rings. The minimum absolute atomic E-state index is 0.0262. The minimum atomic E-state index is -1.10. The van der Waals surface area contributed by atoms with Crippen molar-refractivity contribution in [1.29, 1.82) is 0 Å². The third-order valence-corrected chi connectivity index (χ3v) is 4.78. The first-order valence-electron chi connectivity index (χ1n) is 11.6. The summed E-state index contributed by atoms with van der Waals surface area (Å²) >= 11 is 0. The van der Waals surface area contributed by atoms with Crippen molar-refractivity contribution in [2.45, 2.75) is 90.5 Å². The smallest absolute Gasteiger partial charge is 0.408 e. The van der Waals surface area contributed by atoms with E-state index in [9.17, 15) is 19.2 Å². The van der Waals surface area contributed by atoms with Gasteiger partial charge >= 0.3 is 18.0 Å². The number of hydrogen-bond acceptors (Lipinski definition) is 7. The molecule has 0 saturated heterocycles. The molecular weight excluding hydrogens is 440 g/mol. The predicted molar refractivity (Wildman–Crippen MR) is 127 cm³/mol. The van der Waals surface area contributed by atoms with Crippen LogP contribution in [0.15, 0.2) is 30.3 Å². The molecule has 9 nitrogen and oxygen atoms in total. The average molecular weight is 479 g/mol. The number of rotatable bonds is 13. The van der Waals surface area contributed by atoms with E-state index in [2.05, 4.69) is 10.6 Å². The monoisotopic (exact) mass is 478 g/mol. The Kier molecular flexibility index (Phi) is 12.7. The lowest BCUT2D eigenvalue weighted by Crippen LogP contribution is -2.46. The molecule has 0 saturated carbocycles. The first kappa shape index (κ1) is 28.9. The number of ether oxygens (including phenoxy) is 3. The second-order valence-electron chi connectivity index (χ2n) is 8.97. The van der Waals surface area contributed by atoms with Gasteiger partial charge in [0.05, 0.1) is 7.11 Å². The number of alkyl carbamates (subject to hydrolysis) is 1. The number of esters is 2. The van der Waals surface area contributed by atoms with Crippen molar-refractivity contribution in [1.82, 2.24) is 10.6 Å². The molecule has 0 aromatic heterocycles. The van der Waals surface area contributed by atoms with Crippen molar-refractivity contribution < 1.29 is 33.4 Å². The first-order valence-corrected chi connectivity index (χ1v) is 11.6. The summed E-state index contributed by atoms with van der Waals surface area (Å²) in [5.74, 6) is -1.64. The maximum Gasteiger partial charge on any atom is 0.408 e. The highest BCUT2D eigenvalue weighted by atomic mass is 16.6. The number of carbonyl (C=O) groups is 4. The highest BCUT2D eigenvalue weighted by Crippen LogP contribution is 2.11. The van der Waals surface area contributed by atoms with Gasteiger partial charge in [-0.2, -0.15) is 0 Å². The Morgan fingerprint density at radius 1 is 0.912 bits per heavy atom. The van der Waals surface area contributed by atoms with Crippen molar-refractivity contribution in [3.8, 4) is 0 Å². The highest BCUT2D eigenvalue weighted by Gasteiger charge is 2.27. The van der Waals surface area contributed by atoms with Crippen LogP contribution in [0.4, 0.5) is 4.79 Å². The van der Waals surface area contributed by atoms with Crippen LogP contribution in [0.3, 0.4) is 0 Å². The minimum Gasteiger partial charge on any atom is -0.467 e. The van der Waals surface area contributed by atoms with Crippen LogP contribution in [0, 0.1) is 0 Å². The van der Waals surface area contributed by atoms with Gasteiger partial charge in [-0.3, -0.25) is 4.79 Å². The average Bonchev–Trinajstić information content (AvgIpc) is 2.78. The van der Waals surface area contributed by atoms with Crippen molar-refractivity contribution in [3.05, 3.63) is 35.9 Å². The summed E-state index contributed by atoms with van der Waals surface area (Å²) in [6.07, 6.45) is 2.21. The molecule has 2 N–H and O–H groups in total. The predicted octanol–water partition coefficient (Wildman–Crippen LogP) is 3.64. The molecule has 0 unspecified atom stereocenters. The summed E-state index contributed by atoms with van der Waals surface area (Å²) < 4.78 is 15.4. The third kappa shape index (κ3) is 12.2. The van der Waals surface area contributed by atoms with Gasteiger partial charge in [0.1, 0.15) is 24.3 Å². The van der Waals surface area contributed by atoms with Crippen LogP contribution >= 0.6 is 0 Å². The summed E-state index contributed by atoms with van der Waals surface area (Å²) in [4.78, 5) is 49.4. The number of benzene rings is 1. The first-order chi connectivity index (χ1) is 16.1. The Hall–Kier alpha value is -3.10. The summed E-state index contributed by atoms with van der Waals surface area (Å²) in [5.41, 5.74) is 0.0317. The van der Waals surface area contributed by atoms with E-state index in [-0.39, 0.29) is 19.4 Å². The lowest BCUT2D eigenvalue weighted by atomic mass is 10.1. The van der Waals surface area contributed by atoms with Gasteiger partial charge in [-0.1, -0.05) is 56.5 Å². The Bertz CT molecular complexity index is 790. The van der Waals surface area contributed by atoms with Crippen LogP contribution in [-0.4, -0.2) is 48.7 Å². The van der Waals surface area contributed by atoms with Crippen LogP contribution < -0.4 is 10.6 Å². The number of amides is 2. The lowest BCUT2D eigenvalue weighted by molar-refractivity contribution is -0.148. The Morgan fingerprint density at radius 3 is 2.15 bits per heavy atom. The van der Waals surface area contributed by atoms with Gasteiger partial charge in [0, 0.05) is 6.42 Å². The fourth-order valence-electron chi connectivity index (χ4n) is 3.06. The Morgan fingerprint density at radius 2 is 1.56 bits per heavy atom. The maximum absolute atomic E-state index is 12.7. The van der Waals surface area contributed by atoms with Gasteiger partial charge < -0.3 is 24.8 Å². The SMILES string of the molecule is CCCCC[C@H](NC(=O)CC[C@H](NC(=O)OC(C)(C)C)C(=O)OCc1ccccc1)C(=O)OC. The lowest BCUT2D eigenvalue weighted by Gasteiger charge is -2.23. The molecule has 0 aliphatic rings. The zero-order chi connectivity index (χ0) is 25.6. The topological polar surface area (TPSA) is 120 Å². The Labute approximate surface area is 201 Å². The summed E-state index contributed by atoms with van der Waals surface area (Å²) in [6.45, 7) is 7.18. The molecule has 0 heterocycles. The summed E-state index contributed by atoms with van der Waals surface area (Å²) in [6, 6.07) is 7.25. The van der Waals surface area contributed by atoms with E-state index in [1.165, 1.54) is 7.11 Å². The fourth-order valence-corrected chi connectivity index (χ4v) is 3.06. The van der Waals surface area contributed by atoms with Gasteiger partial charge in [-0.15, -0.1) is 0 Å². The van der Waals surface area contributed by atoms with Gasteiger partial charge in [0.15, 0.2) is 0 Å². The van der Waals surface area contributed by atoms with Gasteiger partial charge in [0.2, 0.25) is 5.91 Å². The molecular formula is C25H38N2O7. The van der Waals surface area contributed by atoms with Gasteiger partial charge in [-0.05, 0) is 39.2 Å². The molecule has 0 radical (unpaired) electrons. The number of unbranched alkanes of at least 4 members (excludes halogenated alkanes) is 2. The van der Waals surface area contributed by atoms with Crippen molar-refractivity contribution in [2.75, 3.05) is 7.11 Å². The third-order valence-electron chi connectivity index (χ3n) is 4.78. The molecule has 1 aromatic carbocycles. The molecule has 0 aliphatic carbocycles. The molecule has 2 amide bonds. The zero-order valence-electron chi connectivity index (χ0n) is 20.8. The van der Waals surface area contributed by atoms with Crippen LogP contribution in [0.1, 0.15) is 71.8 Å². The number of carbonyl (C=O) groups excluding carboxylic acids is 4. The number of hydrogen-bond donors (Lipinski definition) is 2. The van der Waals surface area contributed by atoms with Crippen LogP contribution in [0.5, 0.6) is 0 Å². The van der Waals surface area contributed by atoms with Crippen LogP contribution in [0.25, 0.3) is 0 Å². The van der Waals surface area contributed by atoms with E-state index in [1.54, 1.807) is 20.8 Å². The van der Waals surface area contributed by atoms with E-state index in [0.29, 0.717) is 6.42 Å². The fraction of sp³-hybridized carbons (Fsp3) is 0.600. The molecule has 190 valence electrons. The van der Waals surface area contributed by atoms with Crippen molar-refractivity contribution in [2.24, 2.45) is 0 Å². The quantitative estimate of drug-likeness (QED) is 0.252. The van der Waals surface area contributed by atoms with Crippen LogP contribution in [0.2, 0.25) is 0 Å². The van der Waals surface area contributed by atoms with E-state index in [4.69, 9.17) is 14.2 Å². The standard InChI is InChI=1S/C25H38N2O7/c1-6-7-9-14-19(22(29)32-5)26-21(28)16-15-20(27-24(31)34-25(2,3)4)23(30)33-17-18-12-10-8-11-13-18/h8,10-13,19-20H,6-7,9,14-17H2,1-5H3,(H,26,28)(H,27,31)/t19-,20-/m0/s1. The number of methoxy groups -OCH3 is 1. The van der Waals surface area contributed by atoms with E-state index in [0.717, 1.165) is 24.8 Å². The molecule has 9 heteroatoms. The highest BCUT2D eigenvalue weighted by molar-refractivity contribution is 5.86. The van der Waals surface area contributed by atoms with E-state index >= 15 is 0 Å². The Balaban J connectivity index is 2.76. The van der Waals surface area contributed by atoms with Gasteiger partial charge in [0.25, 0.3) is 0 Å². The molecule has 0 aliphatic heterocycles. The van der Waals surface area contributed by atoms with Crippen molar-refractivity contribution >= 4 is 23.9 Å². The molecule has 34 heavy (non-hydrogen) atoms. The van der Waals surface area contributed by atoms with Gasteiger partial charge in [-0.25, -0.2) is 14.4 Å². The van der Waals surface area contributed by atoms with Crippen molar-refractivity contribution in [3.63, 3.8) is 0 Å². The van der Waals surface area contributed by atoms with E-state index < -0.39 is 41.6 Å². The summed E-state index contributed by atoms with van der Waals surface area (Å²) in [5, 5.41) is 5.15. The zero-order valence-corrected chi connectivity index (χ0v) is 20.8. The van der Waals surface area contributed by atoms with E-state index in [1.807, 2.05) is 37.3 Å².